The molecule has 0 spiro atoms. The summed E-state index contributed by atoms with van der Waals surface area (Å²) < 4.78 is 10.7. The standard InChI is InChI=1S/C16H27NO3/c1-4-5-10-20-12-14(18)11-17-13(2)15-8-6-7-9-16(15)19-3/h6-9,13-14,17-18H,4-5,10-12H2,1-3H3/t13-,14?/m1/s1. The Morgan fingerprint density at radius 2 is 2.05 bits per heavy atom. The van der Waals surface area contributed by atoms with Gasteiger partial charge in [0, 0.05) is 24.8 Å². The zero-order valence-electron chi connectivity index (χ0n) is 12.8. The van der Waals surface area contributed by atoms with Crippen LogP contribution in [0.15, 0.2) is 24.3 Å². The molecule has 0 aliphatic carbocycles. The van der Waals surface area contributed by atoms with Crippen LogP contribution in [0.3, 0.4) is 0 Å². The van der Waals surface area contributed by atoms with Crippen molar-refractivity contribution in [2.45, 2.75) is 38.8 Å². The summed E-state index contributed by atoms with van der Waals surface area (Å²) >= 11 is 0. The van der Waals surface area contributed by atoms with E-state index in [1.54, 1.807) is 7.11 Å². The average molecular weight is 281 g/mol. The summed E-state index contributed by atoms with van der Waals surface area (Å²) in [4.78, 5) is 0. The van der Waals surface area contributed by atoms with Crippen LogP contribution in [-0.2, 0) is 4.74 Å². The van der Waals surface area contributed by atoms with E-state index in [4.69, 9.17) is 9.47 Å². The number of nitrogens with one attached hydrogen (secondary N) is 1. The molecule has 1 rings (SSSR count). The number of rotatable bonds is 10. The lowest BCUT2D eigenvalue weighted by atomic mass is 10.1. The van der Waals surface area contributed by atoms with Crippen molar-refractivity contribution in [1.82, 2.24) is 5.32 Å². The van der Waals surface area contributed by atoms with Gasteiger partial charge < -0.3 is 19.9 Å². The smallest absolute Gasteiger partial charge is 0.123 e. The van der Waals surface area contributed by atoms with E-state index >= 15 is 0 Å². The molecule has 20 heavy (non-hydrogen) atoms. The zero-order valence-corrected chi connectivity index (χ0v) is 12.8. The van der Waals surface area contributed by atoms with Gasteiger partial charge in [0.05, 0.1) is 19.8 Å². The number of unbranched alkanes of at least 4 members (excludes halogenated alkanes) is 1. The summed E-state index contributed by atoms with van der Waals surface area (Å²) in [6, 6.07) is 8.03. The topological polar surface area (TPSA) is 50.7 Å². The number of benzene rings is 1. The molecule has 1 aromatic carbocycles. The van der Waals surface area contributed by atoms with Crippen LogP contribution >= 0.6 is 0 Å². The van der Waals surface area contributed by atoms with Gasteiger partial charge in [-0.05, 0) is 19.4 Å². The van der Waals surface area contributed by atoms with Crippen LogP contribution < -0.4 is 10.1 Å². The molecule has 0 aliphatic heterocycles. The molecule has 4 heteroatoms. The Hall–Kier alpha value is -1.10. The minimum absolute atomic E-state index is 0.122. The molecule has 0 aromatic heterocycles. The number of ether oxygens (including phenoxy) is 2. The second kappa shape index (κ2) is 9.75. The van der Waals surface area contributed by atoms with E-state index in [9.17, 15) is 5.11 Å². The summed E-state index contributed by atoms with van der Waals surface area (Å²) in [6.45, 7) is 5.78. The third-order valence-electron chi connectivity index (χ3n) is 3.22. The predicted octanol–water partition coefficient (Wildman–Crippen LogP) is 2.52. The number of aliphatic hydroxyl groups excluding tert-OH is 1. The Labute approximate surface area is 122 Å². The molecule has 0 saturated carbocycles. The van der Waals surface area contributed by atoms with Crippen molar-refractivity contribution in [1.29, 1.82) is 0 Å². The highest BCUT2D eigenvalue weighted by molar-refractivity contribution is 5.35. The lowest BCUT2D eigenvalue weighted by molar-refractivity contribution is 0.0348. The van der Waals surface area contributed by atoms with Crippen molar-refractivity contribution < 1.29 is 14.6 Å². The van der Waals surface area contributed by atoms with Gasteiger partial charge in [0.25, 0.3) is 0 Å². The molecule has 2 atom stereocenters. The first-order valence-corrected chi connectivity index (χ1v) is 7.31. The first kappa shape index (κ1) is 17.0. The average Bonchev–Trinajstić information content (AvgIpc) is 2.49. The molecule has 114 valence electrons. The molecule has 0 bridgehead atoms. The Balaban J connectivity index is 2.33. The van der Waals surface area contributed by atoms with Crippen molar-refractivity contribution in [3.8, 4) is 5.75 Å². The molecule has 0 radical (unpaired) electrons. The normalized spacial score (nSPS) is 14.0. The SMILES string of the molecule is CCCCOCC(O)CN[C@H](C)c1ccccc1OC. The van der Waals surface area contributed by atoms with E-state index in [0.717, 1.165) is 30.8 Å². The van der Waals surface area contributed by atoms with E-state index in [-0.39, 0.29) is 6.04 Å². The lowest BCUT2D eigenvalue weighted by Gasteiger charge is -2.19. The van der Waals surface area contributed by atoms with Crippen LogP contribution in [0.4, 0.5) is 0 Å². The number of methoxy groups -OCH3 is 1. The maximum atomic E-state index is 9.85. The van der Waals surface area contributed by atoms with Gasteiger partial charge in [-0.25, -0.2) is 0 Å². The molecule has 2 N–H and O–H groups in total. The number of hydrogen-bond donors (Lipinski definition) is 2. The Kier molecular flexibility index (Phi) is 8.26. The molecular weight excluding hydrogens is 254 g/mol. The van der Waals surface area contributed by atoms with Crippen molar-refractivity contribution in [3.63, 3.8) is 0 Å². The van der Waals surface area contributed by atoms with Crippen molar-refractivity contribution >= 4 is 0 Å². The maximum absolute atomic E-state index is 9.85. The summed E-state index contributed by atoms with van der Waals surface area (Å²) in [6.07, 6.45) is 1.67. The van der Waals surface area contributed by atoms with Crippen LogP contribution in [0, 0.1) is 0 Å². The van der Waals surface area contributed by atoms with Gasteiger partial charge in [0.1, 0.15) is 5.75 Å². The zero-order chi connectivity index (χ0) is 14.8. The maximum Gasteiger partial charge on any atom is 0.123 e. The van der Waals surface area contributed by atoms with E-state index < -0.39 is 6.10 Å². The third-order valence-corrected chi connectivity index (χ3v) is 3.22. The van der Waals surface area contributed by atoms with Crippen molar-refractivity contribution in [3.05, 3.63) is 29.8 Å². The fourth-order valence-electron chi connectivity index (χ4n) is 1.97. The Morgan fingerprint density at radius 1 is 1.30 bits per heavy atom. The fraction of sp³-hybridized carbons (Fsp3) is 0.625. The van der Waals surface area contributed by atoms with Gasteiger partial charge in [0.15, 0.2) is 0 Å². The van der Waals surface area contributed by atoms with Gasteiger partial charge in [-0.3, -0.25) is 0 Å². The van der Waals surface area contributed by atoms with E-state index in [0.29, 0.717) is 13.2 Å². The van der Waals surface area contributed by atoms with Crippen LogP contribution in [-0.4, -0.2) is 38.1 Å². The van der Waals surface area contributed by atoms with E-state index in [1.165, 1.54) is 0 Å². The van der Waals surface area contributed by atoms with Gasteiger partial charge in [-0.15, -0.1) is 0 Å². The van der Waals surface area contributed by atoms with Gasteiger partial charge in [-0.2, -0.15) is 0 Å². The molecule has 1 aromatic rings. The molecule has 0 aliphatic rings. The highest BCUT2D eigenvalue weighted by atomic mass is 16.5. The molecule has 0 amide bonds. The van der Waals surface area contributed by atoms with Gasteiger partial charge in [0.2, 0.25) is 0 Å². The summed E-state index contributed by atoms with van der Waals surface area (Å²) in [5.41, 5.74) is 1.09. The molecule has 0 saturated heterocycles. The van der Waals surface area contributed by atoms with Gasteiger partial charge >= 0.3 is 0 Å². The fourth-order valence-corrected chi connectivity index (χ4v) is 1.97. The molecule has 0 heterocycles. The largest absolute Gasteiger partial charge is 0.496 e. The quantitative estimate of drug-likeness (QED) is 0.647. The highest BCUT2D eigenvalue weighted by Crippen LogP contribution is 2.24. The minimum Gasteiger partial charge on any atom is -0.496 e. The second-order valence-electron chi connectivity index (χ2n) is 4.95. The summed E-state index contributed by atoms with van der Waals surface area (Å²) in [5, 5.41) is 13.2. The molecule has 4 nitrogen and oxygen atoms in total. The number of hydrogen-bond acceptors (Lipinski definition) is 4. The monoisotopic (exact) mass is 281 g/mol. The predicted molar refractivity (Wildman–Crippen MR) is 81.1 cm³/mol. The van der Waals surface area contributed by atoms with Gasteiger partial charge in [-0.1, -0.05) is 31.5 Å². The van der Waals surface area contributed by atoms with E-state index in [2.05, 4.69) is 19.2 Å². The first-order chi connectivity index (χ1) is 9.69. The van der Waals surface area contributed by atoms with Crippen LogP contribution in [0.2, 0.25) is 0 Å². The lowest BCUT2D eigenvalue weighted by Crippen LogP contribution is -2.32. The highest BCUT2D eigenvalue weighted by Gasteiger charge is 2.12. The van der Waals surface area contributed by atoms with Crippen LogP contribution in [0.1, 0.15) is 38.3 Å². The van der Waals surface area contributed by atoms with Crippen molar-refractivity contribution in [2.75, 3.05) is 26.9 Å². The summed E-state index contributed by atoms with van der Waals surface area (Å²) in [5.74, 6) is 0.862. The number of aliphatic hydroxyl groups is 1. The molecular formula is C16H27NO3. The minimum atomic E-state index is -0.482. The number of para-hydroxylation sites is 1. The second-order valence-corrected chi connectivity index (χ2v) is 4.95. The third kappa shape index (κ3) is 5.90. The van der Waals surface area contributed by atoms with Crippen molar-refractivity contribution in [2.24, 2.45) is 0 Å². The van der Waals surface area contributed by atoms with Crippen LogP contribution in [0.25, 0.3) is 0 Å². The molecule has 0 fully saturated rings. The van der Waals surface area contributed by atoms with Crippen LogP contribution in [0.5, 0.6) is 5.75 Å². The Morgan fingerprint density at radius 3 is 2.75 bits per heavy atom. The Bertz CT molecular complexity index is 370. The first-order valence-electron chi connectivity index (χ1n) is 7.31. The summed E-state index contributed by atoms with van der Waals surface area (Å²) in [7, 11) is 1.67. The molecule has 1 unspecified atom stereocenters. The van der Waals surface area contributed by atoms with E-state index in [1.807, 2.05) is 24.3 Å².